The molecule has 0 aliphatic heterocycles. The lowest BCUT2D eigenvalue weighted by Gasteiger charge is -2.09. The van der Waals surface area contributed by atoms with Gasteiger partial charge >= 0.3 is 5.97 Å². The minimum Gasteiger partial charge on any atom is -0.469 e. The average molecular weight is 208 g/mol. The van der Waals surface area contributed by atoms with Crippen LogP contribution in [0.25, 0.3) is 0 Å². The van der Waals surface area contributed by atoms with E-state index >= 15 is 0 Å². The zero-order valence-corrected chi connectivity index (χ0v) is 8.77. The molecule has 0 aromatic heterocycles. The molecule has 0 spiro atoms. The molecule has 4 heteroatoms. The number of methoxy groups -OCH3 is 1. The molecule has 0 heterocycles. The van der Waals surface area contributed by atoms with E-state index in [2.05, 4.69) is 4.74 Å². The molecule has 0 radical (unpaired) electrons. The summed E-state index contributed by atoms with van der Waals surface area (Å²) in [5.41, 5.74) is 13.1. The van der Waals surface area contributed by atoms with Crippen LogP contribution in [0.3, 0.4) is 0 Å². The summed E-state index contributed by atoms with van der Waals surface area (Å²) >= 11 is 0. The zero-order chi connectivity index (χ0) is 11.3. The fourth-order valence-electron chi connectivity index (χ4n) is 1.26. The number of esters is 1. The maximum absolute atomic E-state index is 11.0. The first-order valence-corrected chi connectivity index (χ1v) is 4.78. The van der Waals surface area contributed by atoms with E-state index in [1.807, 2.05) is 24.3 Å². The summed E-state index contributed by atoms with van der Waals surface area (Å²) < 4.78 is 4.57. The van der Waals surface area contributed by atoms with Gasteiger partial charge in [-0.15, -0.1) is 0 Å². The molecule has 15 heavy (non-hydrogen) atoms. The number of nitrogens with two attached hydrogens (primary N) is 2. The van der Waals surface area contributed by atoms with Gasteiger partial charge in [0.2, 0.25) is 0 Å². The van der Waals surface area contributed by atoms with Crippen LogP contribution in [0.2, 0.25) is 0 Å². The van der Waals surface area contributed by atoms with Crippen LogP contribution in [-0.4, -0.2) is 19.6 Å². The van der Waals surface area contributed by atoms with Crippen molar-refractivity contribution < 1.29 is 9.53 Å². The fourth-order valence-corrected chi connectivity index (χ4v) is 1.26. The summed E-state index contributed by atoms with van der Waals surface area (Å²) in [7, 11) is 1.38. The molecule has 0 fully saturated rings. The van der Waals surface area contributed by atoms with Crippen LogP contribution in [0.4, 0.5) is 0 Å². The highest BCUT2D eigenvalue weighted by atomic mass is 16.5. The highest BCUT2D eigenvalue weighted by molar-refractivity contribution is 5.72. The standard InChI is InChI=1S/C11H16N2O2/c1-15-11(14)6-8-2-4-9(5-3-8)10(13)7-12/h2-5,10H,6-7,12-13H2,1H3/t10-/m0/s1. The Hall–Kier alpha value is -1.39. The minimum atomic E-state index is -0.245. The van der Waals surface area contributed by atoms with Gasteiger partial charge in [0.15, 0.2) is 0 Å². The Morgan fingerprint density at radius 3 is 2.47 bits per heavy atom. The normalized spacial score (nSPS) is 12.2. The molecular formula is C11H16N2O2. The van der Waals surface area contributed by atoms with Gasteiger partial charge in [0.05, 0.1) is 13.5 Å². The molecule has 82 valence electrons. The lowest BCUT2D eigenvalue weighted by molar-refractivity contribution is -0.139. The first-order valence-electron chi connectivity index (χ1n) is 4.78. The number of carbonyl (C=O) groups is 1. The van der Waals surface area contributed by atoms with Gasteiger partial charge < -0.3 is 16.2 Å². The topological polar surface area (TPSA) is 78.3 Å². The summed E-state index contributed by atoms with van der Waals surface area (Å²) in [5, 5.41) is 0. The highest BCUT2D eigenvalue weighted by Gasteiger charge is 2.05. The smallest absolute Gasteiger partial charge is 0.309 e. The Balaban J connectivity index is 2.68. The van der Waals surface area contributed by atoms with Gasteiger partial charge in [0.25, 0.3) is 0 Å². The Labute approximate surface area is 89.2 Å². The molecular weight excluding hydrogens is 192 g/mol. The van der Waals surface area contributed by atoms with Crippen molar-refractivity contribution in [1.29, 1.82) is 0 Å². The molecule has 1 rings (SSSR count). The predicted octanol–water partition coefficient (Wildman–Crippen LogP) is 0.361. The number of carbonyl (C=O) groups excluding carboxylic acids is 1. The van der Waals surface area contributed by atoms with Gasteiger partial charge in [-0.05, 0) is 11.1 Å². The monoisotopic (exact) mass is 208 g/mol. The molecule has 4 nitrogen and oxygen atoms in total. The van der Waals surface area contributed by atoms with Crippen LogP contribution in [0.5, 0.6) is 0 Å². The third kappa shape index (κ3) is 3.34. The number of rotatable bonds is 4. The Morgan fingerprint density at radius 1 is 1.40 bits per heavy atom. The van der Waals surface area contributed by atoms with E-state index < -0.39 is 0 Å². The number of ether oxygens (including phenoxy) is 1. The molecule has 1 aromatic rings. The maximum Gasteiger partial charge on any atom is 0.309 e. The number of benzene rings is 1. The summed E-state index contributed by atoms with van der Waals surface area (Å²) in [6.45, 7) is 0.413. The van der Waals surface area contributed by atoms with Crippen molar-refractivity contribution in [3.05, 3.63) is 35.4 Å². The maximum atomic E-state index is 11.0. The molecule has 0 aliphatic rings. The van der Waals surface area contributed by atoms with Gasteiger partial charge in [-0.2, -0.15) is 0 Å². The Morgan fingerprint density at radius 2 is 2.00 bits per heavy atom. The van der Waals surface area contributed by atoms with Gasteiger partial charge in [-0.3, -0.25) is 4.79 Å². The molecule has 1 atom stereocenters. The third-order valence-electron chi connectivity index (χ3n) is 2.24. The van der Waals surface area contributed by atoms with Crippen LogP contribution in [0.15, 0.2) is 24.3 Å². The first-order chi connectivity index (χ1) is 7.17. The summed E-state index contributed by atoms with van der Waals surface area (Å²) in [6.07, 6.45) is 0.286. The van der Waals surface area contributed by atoms with Crippen molar-refractivity contribution >= 4 is 5.97 Å². The Bertz CT molecular complexity index is 322. The van der Waals surface area contributed by atoms with E-state index in [-0.39, 0.29) is 18.4 Å². The van der Waals surface area contributed by atoms with Gasteiger partial charge in [0, 0.05) is 12.6 Å². The van der Waals surface area contributed by atoms with Crippen molar-refractivity contribution in [3.8, 4) is 0 Å². The molecule has 0 saturated carbocycles. The molecule has 0 saturated heterocycles. The summed E-state index contributed by atoms with van der Waals surface area (Å²) in [4.78, 5) is 11.0. The number of hydrogen-bond acceptors (Lipinski definition) is 4. The van der Waals surface area contributed by atoms with Crippen LogP contribution in [-0.2, 0) is 16.0 Å². The van der Waals surface area contributed by atoms with Crippen molar-refractivity contribution in [3.63, 3.8) is 0 Å². The quantitative estimate of drug-likeness (QED) is 0.700. The van der Waals surface area contributed by atoms with Gasteiger partial charge in [-0.1, -0.05) is 24.3 Å². The molecule has 0 aliphatic carbocycles. The highest BCUT2D eigenvalue weighted by Crippen LogP contribution is 2.11. The fraction of sp³-hybridized carbons (Fsp3) is 0.364. The second-order valence-electron chi connectivity index (χ2n) is 3.34. The van der Waals surface area contributed by atoms with E-state index in [9.17, 15) is 4.79 Å². The van der Waals surface area contributed by atoms with Gasteiger partial charge in [0.1, 0.15) is 0 Å². The zero-order valence-electron chi connectivity index (χ0n) is 8.77. The third-order valence-corrected chi connectivity index (χ3v) is 2.24. The second-order valence-corrected chi connectivity index (χ2v) is 3.34. The lowest BCUT2D eigenvalue weighted by atomic mass is 10.0. The number of hydrogen-bond donors (Lipinski definition) is 2. The van der Waals surface area contributed by atoms with E-state index in [0.717, 1.165) is 11.1 Å². The SMILES string of the molecule is COC(=O)Cc1ccc([C@@H](N)CN)cc1. The average Bonchev–Trinajstić information content (AvgIpc) is 2.29. The van der Waals surface area contributed by atoms with E-state index in [1.54, 1.807) is 0 Å². The first kappa shape index (κ1) is 11.7. The lowest BCUT2D eigenvalue weighted by Crippen LogP contribution is -2.20. The van der Waals surface area contributed by atoms with Crippen LogP contribution in [0, 0.1) is 0 Å². The summed E-state index contributed by atoms with van der Waals surface area (Å²) in [6, 6.07) is 7.35. The van der Waals surface area contributed by atoms with Crippen molar-refractivity contribution in [2.75, 3.05) is 13.7 Å². The van der Waals surface area contributed by atoms with Crippen molar-refractivity contribution in [2.24, 2.45) is 11.5 Å². The molecule has 0 amide bonds. The minimum absolute atomic E-state index is 0.142. The van der Waals surface area contributed by atoms with Gasteiger partial charge in [-0.25, -0.2) is 0 Å². The Kier molecular flexibility index (Phi) is 4.27. The van der Waals surface area contributed by atoms with E-state index in [4.69, 9.17) is 11.5 Å². The van der Waals surface area contributed by atoms with E-state index in [0.29, 0.717) is 6.54 Å². The summed E-state index contributed by atoms with van der Waals surface area (Å²) in [5.74, 6) is -0.245. The predicted molar refractivity (Wildman–Crippen MR) is 58.1 cm³/mol. The van der Waals surface area contributed by atoms with Crippen molar-refractivity contribution in [1.82, 2.24) is 0 Å². The second kappa shape index (κ2) is 5.48. The molecule has 0 unspecified atom stereocenters. The largest absolute Gasteiger partial charge is 0.469 e. The van der Waals surface area contributed by atoms with Crippen LogP contribution < -0.4 is 11.5 Å². The van der Waals surface area contributed by atoms with Crippen LogP contribution >= 0.6 is 0 Å². The van der Waals surface area contributed by atoms with Crippen LogP contribution in [0.1, 0.15) is 17.2 Å². The molecule has 4 N–H and O–H groups in total. The molecule has 0 bridgehead atoms. The molecule has 1 aromatic carbocycles. The van der Waals surface area contributed by atoms with Crippen molar-refractivity contribution in [2.45, 2.75) is 12.5 Å². The van der Waals surface area contributed by atoms with E-state index in [1.165, 1.54) is 7.11 Å².